The summed E-state index contributed by atoms with van der Waals surface area (Å²) in [6.07, 6.45) is 3.32. The predicted molar refractivity (Wildman–Crippen MR) is 64.2 cm³/mol. The van der Waals surface area contributed by atoms with Crippen molar-refractivity contribution in [2.75, 3.05) is 12.4 Å². The number of thioether (sulfide) groups is 1. The Morgan fingerprint density at radius 2 is 2.15 bits per heavy atom. The number of hydrogen-bond acceptors (Lipinski definition) is 2. The highest BCUT2D eigenvalue weighted by molar-refractivity contribution is 8.00. The van der Waals surface area contributed by atoms with Crippen LogP contribution in [0.3, 0.4) is 0 Å². The van der Waals surface area contributed by atoms with Gasteiger partial charge in [-0.1, -0.05) is 0 Å². The van der Waals surface area contributed by atoms with Crippen LogP contribution >= 0.6 is 45.0 Å². The molecule has 0 saturated carbocycles. The predicted octanol–water partition coefficient (Wildman–Crippen LogP) is 3.90. The van der Waals surface area contributed by atoms with E-state index in [-0.39, 0.29) is 0 Å². The Kier molecular flexibility index (Phi) is 5.83. The molecule has 1 saturated heterocycles. The quantitative estimate of drug-likeness (QED) is 0.429. The molecule has 0 amide bonds. The molecule has 1 aliphatic heterocycles. The van der Waals surface area contributed by atoms with Crippen LogP contribution in [0.25, 0.3) is 0 Å². The summed E-state index contributed by atoms with van der Waals surface area (Å²) < 4.78 is 5.61. The lowest BCUT2D eigenvalue weighted by atomic mass is 10.4. The van der Waals surface area contributed by atoms with Crippen LogP contribution < -0.4 is 0 Å². The van der Waals surface area contributed by atoms with Crippen LogP contribution in [-0.2, 0) is 4.74 Å². The largest absolute Gasteiger partial charge is 0.368 e. The standard InChI is InChI=1S/C7H13Cl3OSSi/c8-13(9,10)6-2-4-11-7-3-1-5-12-7/h7H,1-6H2. The van der Waals surface area contributed by atoms with Crippen molar-refractivity contribution >= 4 is 51.0 Å². The average Bonchev–Trinajstić information content (AvgIpc) is 2.48. The Balaban J connectivity index is 1.94. The van der Waals surface area contributed by atoms with E-state index in [1.165, 1.54) is 18.6 Å². The van der Waals surface area contributed by atoms with Gasteiger partial charge in [-0.2, -0.15) is 0 Å². The van der Waals surface area contributed by atoms with E-state index in [1.807, 2.05) is 11.8 Å². The fourth-order valence-electron chi connectivity index (χ4n) is 1.17. The SMILES string of the molecule is Cl[Si](Cl)(Cl)CCCOC1CCCS1. The molecule has 1 heterocycles. The Morgan fingerprint density at radius 3 is 2.69 bits per heavy atom. The van der Waals surface area contributed by atoms with Gasteiger partial charge in [-0.15, -0.1) is 45.0 Å². The first-order chi connectivity index (χ1) is 6.08. The topological polar surface area (TPSA) is 9.23 Å². The summed E-state index contributed by atoms with van der Waals surface area (Å²) >= 11 is 19.1. The van der Waals surface area contributed by atoms with Crippen LogP contribution in [0.4, 0.5) is 0 Å². The summed E-state index contributed by atoms with van der Waals surface area (Å²) in [4.78, 5) is 0. The zero-order valence-corrected chi connectivity index (χ0v) is 11.4. The van der Waals surface area contributed by atoms with Gasteiger partial charge >= 0.3 is 6.00 Å². The molecule has 0 N–H and O–H groups in total. The van der Waals surface area contributed by atoms with E-state index in [0.29, 0.717) is 11.5 Å². The summed E-state index contributed by atoms with van der Waals surface area (Å²) in [6.45, 7) is 0.735. The van der Waals surface area contributed by atoms with E-state index in [1.54, 1.807) is 0 Å². The van der Waals surface area contributed by atoms with E-state index >= 15 is 0 Å². The molecule has 0 aromatic heterocycles. The molecular formula is C7H13Cl3OSSi. The van der Waals surface area contributed by atoms with Gasteiger partial charge in [0.2, 0.25) is 0 Å². The van der Waals surface area contributed by atoms with E-state index < -0.39 is 6.00 Å². The second-order valence-electron chi connectivity index (χ2n) is 3.03. The maximum atomic E-state index is 5.74. The maximum absolute atomic E-state index is 5.74. The van der Waals surface area contributed by atoms with E-state index in [0.717, 1.165) is 13.0 Å². The van der Waals surface area contributed by atoms with Crippen molar-refractivity contribution in [1.29, 1.82) is 0 Å². The van der Waals surface area contributed by atoms with Crippen LogP contribution in [0.5, 0.6) is 0 Å². The lowest BCUT2D eigenvalue weighted by Gasteiger charge is -2.11. The summed E-state index contributed by atoms with van der Waals surface area (Å²) in [5, 5.41) is 0. The highest BCUT2D eigenvalue weighted by Crippen LogP contribution is 2.29. The average molecular weight is 280 g/mol. The summed E-state index contributed by atoms with van der Waals surface area (Å²) in [7, 11) is 0. The van der Waals surface area contributed by atoms with Gasteiger partial charge in [-0.05, 0) is 31.1 Å². The Labute approximate surface area is 98.6 Å². The van der Waals surface area contributed by atoms with Gasteiger partial charge in [0.1, 0.15) is 5.44 Å². The second-order valence-corrected chi connectivity index (χ2v) is 13.6. The zero-order valence-electron chi connectivity index (χ0n) is 7.27. The zero-order chi connectivity index (χ0) is 9.73. The fraction of sp³-hybridized carbons (Fsp3) is 1.00. The molecule has 13 heavy (non-hydrogen) atoms. The molecule has 1 nitrogen and oxygen atoms in total. The number of rotatable bonds is 5. The van der Waals surface area contributed by atoms with Crippen LogP contribution in [0, 0.1) is 0 Å². The van der Waals surface area contributed by atoms with Crippen molar-refractivity contribution in [3.8, 4) is 0 Å². The monoisotopic (exact) mass is 278 g/mol. The van der Waals surface area contributed by atoms with Gasteiger partial charge in [-0.25, -0.2) is 0 Å². The van der Waals surface area contributed by atoms with E-state index in [9.17, 15) is 0 Å². The lowest BCUT2D eigenvalue weighted by Crippen LogP contribution is -2.12. The molecule has 1 aliphatic rings. The lowest BCUT2D eigenvalue weighted by molar-refractivity contribution is 0.112. The van der Waals surface area contributed by atoms with Gasteiger partial charge in [0.25, 0.3) is 0 Å². The molecule has 1 rings (SSSR count). The summed E-state index contributed by atoms with van der Waals surface area (Å²) in [6, 6.07) is -1.70. The highest BCUT2D eigenvalue weighted by Gasteiger charge is 2.24. The van der Waals surface area contributed by atoms with Gasteiger partial charge in [0.15, 0.2) is 0 Å². The first-order valence-electron chi connectivity index (χ1n) is 4.38. The molecule has 0 spiro atoms. The molecule has 1 fully saturated rings. The first-order valence-corrected chi connectivity index (χ1v) is 10.7. The molecule has 0 radical (unpaired) electrons. The third-order valence-electron chi connectivity index (χ3n) is 1.80. The van der Waals surface area contributed by atoms with Gasteiger partial charge < -0.3 is 4.74 Å². The summed E-state index contributed by atoms with van der Waals surface area (Å²) in [5.41, 5.74) is 0.400. The molecule has 0 aliphatic carbocycles. The smallest absolute Gasteiger partial charge is 0.341 e. The molecule has 1 unspecified atom stereocenters. The van der Waals surface area contributed by atoms with E-state index in [2.05, 4.69) is 0 Å². The van der Waals surface area contributed by atoms with Crippen LogP contribution in [0.2, 0.25) is 6.04 Å². The maximum Gasteiger partial charge on any atom is 0.341 e. The Hall–Kier alpha value is 1.40. The Bertz CT molecular complexity index is 147. The number of halogens is 3. The number of ether oxygens (including phenoxy) is 1. The second kappa shape index (κ2) is 6.08. The Morgan fingerprint density at radius 1 is 1.38 bits per heavy atom. The van der Waals surface area contributed by atoms with Crippen molar-refractivity contribution in [3.63, 3.8) is 0 Å². The summed E-state index contributed by atoms with van der Waals surface area (Å²) in [5.74, 6) is 1.23. The molecule has 78 valence electrons. The fourth-order valence-corrected chi connectivity index (χ4v) is 4.04. The third kappa shape index (κ3) is 6.47. The van der Waals surface area contributed by atoms with Crippen LogP contribution in [-0.4, -0.2) is 23.8 Å². The molecule has 0 aromatic carbocycles. The van der Waals surface area contributed by atoms with Gasteiger partial charge in [0.05, 0.1) is 0 Å². The number of hydrogen-bond donors (Lipinski definition) is 0. The van der Waals surface area contributed by atoms with Crippen molar-refractivity contribution in [3.05, 3.63) is 0 Å². The van der Waals surface area contributed by atoms with Gasteiger partial charge in [0, 0.05) is 6.61 Å². The van der Waals surface area contributed by atoms with Crippen molar-refractivity contribution in [2.45, 2.75) is 30.7 Å². The van der Waals surface area contributed by atoms with Crippen molar-refractivity contribution in [1.82, 2.24) is 0 Å². The third-order valence-corrected chi connectivity index (χ3v) is 5.69. The molecule has 6 heteroatoms. The van der Waals surface area contributed by atoms with Crippen molar-refractivity contribution < 1.29 is 4.74 Å². The van der Waals surface area contributed by atoms with E-state index in [4.69, 9.17) is 38.0 Å². The minimum absolute atomic E-state index is 0.400. The van der Waals surface area contributed by atoms with Crippen LogP contribution in [0.1, 0.15) is 19.3 Å². The minimum atomic E-state index is -2.40. The normalized spacial score (nSPS) is 23.8. The first kappa shape index (κ1) is 12.5. The van der Waals surface area contributed by atoms with Crippen LogP contribution in [0.15, 0.2) is 0 Å². The van der Waals surface area contributed by atoms with Gasteiger partial charge in [-0.3, -0.25) is 0 Å². The highest BCUT2D eigenvalue weighted by atomic mass is 35.8. The van der Waals surface area contributed by atoms with Crippen molar-refractivity contribution in [2.24, 2.45) is 0 Å². The molecule has 0 bridgehead atoms. The molecular weight excluding hydrogens is 267 g/mol. The molecule has 1 atom stereocenters. The minimum Gasteiger partial charge on any atom is -0.368 e. The molecule has 0 aromatic rings.